The van der Waals surface area contributed by atoms with E-state index in [1.54, 1.807) is 0 Å². The van der Waals surface area contributed by atoms with Gasteiger partial charge in [0.05, 0.1) is 6.10 Å². The highest BCUT2D eigenvalue weighted by Crippen LogP contribution is 2.38. The molecule has 0 heterocycles. The first-order valence-electron chi connectivity index (χ1n) is 5.91. The van der Waals surface area contributed by atoms with E-state index in [1.807, 2.05) is 0 Å². The van der Waals surface area contributed by atoms with Gasteiger partial charge in [-0.3, -0.25) is 0 Å². The molecule has 84 valence electrons. The Morgan fingerprint density at radius 2 is 1.86 bits per heavy atom. The molecule has 1 fully saturated rings. The summed E-state index contributed by atoms with van der Waals surface area (Å²) in [6.07, 6.45) is 7.61. The Labute approximate surface area is 87.7 Å². The first-order valence-corrected chi connectivity index (χ1v) is 5.91. The molecule has 1 rings (SSSR count). The highest BCUT2D eigenvalue weighted by atomic mass is 16.5. The van der Waals surface area contributed by atoms with Crippen molar-refractivity contribution in [1.82, 2.24) is 0 Å². The topological polar surface area (TPSA) is 29.5 Å². The minimum absolute atomic E-state index is 0.188. The molecular formula is C12H24O2. The van der Waals surface area contributed by atoms with Crippen LogP contribution < -0.4 is 0 Å². The molecule has 0 radical (unpaired) electrons. The van der Waals surface area contributed by atoms with Gasteiger partial charge in [-0.1, -0.05) is 19.3 Å². The predicted molar refractivity (Wildman–Crippen MR) is 58.3 cm³/mol. The molecule has 1 saturated carbocycles. The molecule has 1 aliphatic rings. The Bertz CT molecular complexity index is 148. The van der Waals surface area contributed by atoms with E-state index < -0.39 is 0 Å². The fourth-order valence-electron chi connectivity index (χ4n) is 2.30. The summed E-state index contributed by atoms with van der Waals surface area (Å²) >= 11 is 0. The van der Waals surface area contributed by atoms with Crippen molar-refractivity contribution < 1.29 is 9.84 Å². The van der Waals surface area contributed by atoms with Crippen LogP contribution in [-0.4, -0.2) is 24.4 Å². The lowest BCUT2D eigenvalue weighted by molar-refractivity contribution is 0.0125. The van der Waals surface area contributed by atoms with Crippen LogP contribution >= 0.6 is 0 Å². The van der Waals surface area contributed by atoms with Gasteiger partial charge in [-0.15, -0.1) is 0 Å². The molecule has 0 aromatic heterocycles. The summed E-state index contributed by atoms with van der Waals surface area (Å²) in [5.41, 5.74) is 0.188. The summed E-state index contributed by atoms with van der Waals surface area (Å²) in [6, 6.07) is 0. The Kier molecular flexibility index (Phi) is 4.90. The number of aliphatic hydroxyl groups is 1. The van der Waals surface area contributed by atoms with Gasteiger partial charge in [-0.2, -0.15) is 0 Å². The maximum atomic E-state index is 9.45. The Hall–Kier alpha value is -0.0800. The molecule has 2 nitrogen and oxygen atoms in total. The van der Waals surface area contributed by atoms with E-state index in [2.05, 4.69) is 13.8 Å². The van der Waals surface area contributed by atoms with Gasteiger partial charge in [0.15, 0.2) is 0 Å². The van der Waals surface area contributed by atoms with Crippen molar-refractivity contribution >= 4 is 0 Å². The zero-order valence-electron chi connectivity index (χ0n) is 9.59. The molecule has 2 heteroatoms. The highest BCUT2D eigenvalue weighted by Gasteiger charge is 2.30. The minimum atomic E-state index is 0.188. The second kappa shape index (κ2) is 5.72. The molecule has 0 unspecified atom stereocenters. The van der Waals surface area contributed by atoms with E-state index in [1.165, 1.54) is 32.1 Å². The van der Waals surface area contributed by atoms with E-state index in [9.17, 15) is 5.11 Å². The van der Waals surface area contributed by atoms with Crippen LogP contribution in [0.15, 0.2) is 0 Å². The minimum Gasteiger partial charge on any atom is -0.396 e. The van der Waals surface area contributed by atoms with Crippen LogP contribution in [0.5, 0.6) is 0 Å². The van der Waals surface area contributed by atoms with Crippen LogP contribution in [0.25, 0.3) is 0 Å². The van der Waals surface area contributed by atoms with Crippen LogP contribution in [0.3, 0.4) is 0 Å². The molecule has 0 bridgehead atoms. The van der Waals surface area contributed by atoms with Crippen LogP contribution in [0.2, 0.25) is 0 Å². The lowest BCUT2D eigenvalue weighted by Gasteiger charge is -2.35. The molecule has 14 heavy (non-hydrogen) atoms. The Morgan fingerprint density at radius 3 is 2.36 bits per heavy atom. The van der Waals surface area contributed by atoms with Gasteiger partial charge in [0.1, 0.15) is 0 Å². The van der Waals surface area contributed by atoms with Gasteiger partial charge in [0.2, 0.25) is 0 Å². The Balaban J connectivity index is 2.29. The normalized spacial score (nSPS) is 21.4. The maximum absolute atomic E-state index is 9.45. The van der Waals surface area contributed by atoms with Crippen molar-refractivity contribution in [3.63, 3.8) is 0 Å². The zero-order chi connectivity index (χ0) is 10.4. The summed E-state index contributed by atoms with van der Waals surface area (Å²) in [7, 11) is 0. The van der Waals surface area contributed by atoms with Gasteiger partial charge < -0.3 is 9.84 Å². The first-order chi connectivity index (χ1) is 6.68. The summed E-state index contributed by atoms with van der Waals surface area (Å²) in [6.45, 7) is 5.27. The third-order valence-corrected chi connectivity index (χ3v) is 3.33. The van der Waals surface area contributed by atoms with Crippen molar-refractivity contribution in [2.75, 3.05) is 13.2 Å². The molecule has 0 aliphatic heterocycles. The summed E-state index contributed by atoms with van der Waals surface area (Å²) in [4.78, 5) is 0. The van der Waals surface area contributed by atoms with Gasteiger partial charge in [0, 0.05) is 13.2 Å². The van der Waals surface area contributed by atoms with Crippen LogP contribution in [0.4, 0.5) is 0 Å². The zero-order valence-corrected chi connectivity index (χ0v) is 9.59. The molecular weight excluding hydrogens is 176 g/mol. The van der Waals surface area contributed by atoms with E-state index in [0.717, 1.165) is 13.0 Å². The average Bonchev–Trinajstić information content (AvgIpc) is 2.19. The maximum Gasteiger partial charge on any atom is 0.0518 e. The molecule has 1 aliphatic carbocycles. The monoisotopic (exact) mass is 200 g/mol. The first kappa shape index (κ1) is 12.0. The Morgan fingerprint density at radius 1 is 1.21 bits per heavy atom. The van der Waals surface area contributed by atoms with Crippen molar-refractivity contribution in [3.05, 3.63) is 0 Å². The molecule has 0 aromatic carbocycles. The summed E-state index contributed by atoms with van der Waals surface area (Å²) in [5.74, 6) is 0. The van der Waals surface area contributed by atoms with Crippen LogP contribution in [0, 0.1) is 5.41 Å². The average molecular weight is 200 g/mol. The second-order valence-electron chi connectivity index (χ2n) is 4.89. The predicted octanol–water partition coefficient (Wildman–Crippen LogP) is 2.74. The molecule has 0 saturated heterocycles. The third kappa shape index (κ3) is 3.58. The summed E-state index contributed by atoms with van der Waals surface area (Å²) in [5, 5.41) is 9.45. The van der Waals surface area contributed by atoms with E-state index in [4.69, 9.17) is 4.74 Å². The molecule has 1 N–H and O–H groups in total. The number of hydrogen-bond donors (Lipinski definition) is 1. The smallest absolute Gasteiger partial charge is 0.0518 e. The van der Waals surface area contributed by atoms with Crippen LogP contribution in [0.1, 0.15) is 52.4 Å². The standard InChI is InChI=1S/C12H24O2/c1-11(2)14-9-8-12(10-13)6-4-3-5-7-12/h11,13H,3-10H2,1-2H3. The van der Waals surface area contributed by atoms with Crippen LogP contribution in [-0.2, 0) is 4.74 Å². The largest absolute Gasteiger partial charge is 0.396 e. The van der Waals surface area contributed by atoms with Gasteiger partial charge in [-0.25, -0.2) is 0 Å². The molecule has 0 spiro atoms. The highest BCUT2D eigenvalue weighted by molar-refractivity contribution is 4.82. The van der Waals surface area contributed by atoms with E-state index >= 15 is 0 Å². The third-order valence-electron chi connectivity index (χ3n) is 3.33. The quantitative estimate of drug-likeness (QED) is 0.739. The van der Waals surface area contributed by atoms with Gasteiger partial charge in [0.25, 0.3) is 0 Å². The van der Waals surface area contributed by atoms with E-state index in [0.29, 0.717) is 12.7 Å². The van der Waals surface area contributed by atoms with Gasteiger partial charge >= 0.3 is 0 Å². The van der Waals surface area contributed by atoms with Gasteiger partial charge in [-0.05, 0) is 38.5 Å². The van der Waals surface area contributed by atoms with E-state index in [-0.39, 0.29) is 5.41 Å². The SMILES string of the molecule is CC(C)OCCC1(CO)CCCCC1. The van der Waals surface area contributed by atoms with Crippen molar-refractivity contribution in [3.8, 4) is 0 Å². The fourth-order valence-corrected chi connectivity index (χ4v) is 2.30. The number of hydrogen-bond acceptors (Lipinski definition) is 2. The second-order valence-corrected chi connectivity index (χ2v) is 4.89. The lowest BCUT2D eigenvalue weighted by Crippen LogP contribution is -2.30. The van der Waals surface area contributed by atoms with Crippen molar-refractivity contribution in [1.29, 1.82) is 0 Å². The molecule has 0 aromatic rings. The number of aliphatic hydroxyl groups excluding tert-OH is 1. The fraction of sp³-hybridized carbons (Fsp3) is 1.00. The summed E-state index contributed by atoms with van der Waals surface area (Å²) < 4.78 is 5.56. The number of rotatable bonds is 5. The number of ether oxygens (including phenoxy) is 1. The van der Waals surface area contributed by atoms with Crippen molar-refractivity contribution in [2.45, 2.75) is 58.5 Å². The molecule has 0 atom stereocenters. The molecule has 0 amide bonds. The lowest BCUT2D eigenvalue weighted by atomic mass is 9.72. The van der Waals surface area contributed by atoms with Crippen molar-refractivity contribution in [2.24, 2.45) is 5.41 Å².